The summed E-state index contributed by atoms with van der Waals surface area (Å²) in [6, 6.07) is 31.0. The molecule has 0 spiro atoms. The first-order valence-electron chi connectivity index (χ1n) is 8.05. The fourth-order valence-corrected chi connectivity index (χ4v) is 20.7. The number of carbonyl (C=O) groups excluding carboxylic acids is 1. The van der Waals surface area contributed by atoms with Gasteiger partial charge in [0.2, 0.25) is 0 Å². The van der Waals surface area contributed by atoms with Gasteiger partial charge in [-0.25, -0.2) is 0 Å². The summed E-state index contributed by atoms with van der Waals surface area (Å²) in [5.74, 6) is 0. The minimum atomic E-state index is -3.97. The molecule has 0 aliphatic rings. The first-order chi connectivity index (χ1) is 11.7. The molecule has 0 aliphatic heterocycles. The number of hydrogen-bond acceptors (Lipinski definition) is 1. The van der Waals surface area contributed by atoms with Crippen molar-refractivity contribution in [3.05, 3.63) is 91.0 Å². The van der Waals surface area contributed by atoms with Gasteiger partial charge < -0.3 is 0 Å². The number of hydrogen-bond donors (Lipinski definition) is 0. The third kappa shape index (κ3) is 2.91. The van der Waals surface area contributed by atoms with Crippen molar-refractivity contribution < 1.29 is 4.79 Å². The van der Waals surface area contributed by atoms with E-state index in [1.54, 1.807) is 4.90 Å². The van der Waals surface area contributed by atoms with Gasteiger partial charge in [-0.2, -0.15) is 0 Å². The molecule has 0 aliphatic carbocycles. The molecule has 3 aromatic rings. The molecule has 0 saturated heterocycles. The third-order valence-corrected chi connectivity index (χ3v) is 22.6. The number of benzene rings is 3. The Kier molecular flexibility index (Phi) is 5.14. The van der Waals surface area contributed by atoms with E-state index >= 15 is 0 Å². The van der Waals surface area contributed by atoms with Gasteiger partial charge in [0.05, 0.1) is 0 Å². The van der Waals surface area contributed by atoms with Crippen LogP contribution in [0.3, 0.4) is 0 Å². The van der Waals surface area contributed by atoms with E-state index in [0.29, 0.717) is 0 Å². The molecule has 3 rings (SSSR count). The van der Waals surface area contributed by atoms with E-state index in [1.165, 1.54) is 9.37 Å². The Bertz CT molecular complexity index is 704. The molecule has 24 heavy (non-hydrogen) atoms. The van der Waals surface area contributed by atoms with Crippen molar-refractivity contribution in [1.82, 2.24) is 4.90 Å². The molecule has 0 bridgehead atoms. The second kappa shape index (κ2) is 7.30. The van der Waals surface area contributed by atoms with Crippen LogP contribution in [0.4, 0.5) is 4.79 Å². The van der Waals surface area contributed by atoms with Crippen LogP contribution in [0, 0.1) is 0 Å². The molecular formula is C21H21NOPb. The van der Waals surface area contributed by atoms with Crippen LogP contribution in [-0.4, -0.2) is 43.6 Å². The van der Waals surface area contributed by atoms with E-state index in [-0.39, 0.29) is 3.47 Å². The van der Waals surface area contributed by atoms with Crippen LogP contribution in [0.25, 0.3) is 0 Å². The van der Waals surface area contributed by atoms with Gasteiger partial charge in [0.1, 0.15) is 0 Å². The molecule has 2 nitrogen and oxygen atoms in total. The van der Waals surface area contributed by atoms with Gasteiger partial charge in [-0.3, -0.25) is 0 Å². The Balaban J connectivity index is 2.40. The van der Waals surface area contributed by atoms with Crippen molar-refractivity contribution in [2.24, 2.45) is 0 Å². The Hall–Kier alpha value is -1.95. The molecule has 3 heteroatoms. The predicted octanol–water partition coefficient (Wildman–Crippen LogP) is 2.42. The summed E-state index contributed by atoms with van der Waals surface area (Å²) in [6.45, 7) is 0. The summed E-state index contributed by atoms with van der Waals surface area (Å²) in [4.78, 5) is 15.4. The molecule has 0 heterocycles. The van der Waals surface area contributed by atoms with Gasteiger partial charge in [-0.05, 0) is 0 Å². The van der Waals surface area contributed by atoms with Gasteiger partial charge in [0.15, 0.2) is 0 Å². The van der Waals surface area contributed by atoms with Gasteiger partial charge in [0.25, 0.3) is 0 Å². The second-order valence-electron chi connectivity index (χ2n) is 6.05. The molecule has 0 radical (unpaired) electrons. The van der Waals surface area contributed by atoms with E-state index in [2.05, 4.69) is 36.4 Å². The molecule has 0 N–H and O–H groups in total. The van der Waals surface area contributed by atoms with E-state index in [4.69, 9.17) is 0 Å². The normalized spacial score (nSPS) is 11.1. The van der Waals surface area contributed by atoms with Crippen LogP contribution in [0.2, 0.25) is 0 Å². The van der Waals surface area contributed by atoms with E-state index in [1.807, 2.05) is 68.7 Å². The molecule has 0 aromatic heterocycles. The predicted molar refractivity (Wildman–Crippen MR) is 103 cm³/mol. The van der Waals surface area contributed by atoms with Crippen molar-refractivity contribution in [3.8, 4) is 0 Å². The Morgan fingerprint density at radius 2 is 0.917 bits per heavy atom. The van der Waals surface area contributed by atoms with Gasteiger partial charge in [-0.15, -0.1) is 0 Å². The van der Waals surface area contributed by atoms with Crippen molar-refractivity contribution in [2.45, 2.75) is 0 Å². The average Bonchev–Trinajstić information content (AvgIpc) is 2.65. The van der Waals surface area contributed by atoms with Crippen LogP contribution >= 0.6 is 0 Å². The van der Waals surface area contributed by atoms with Crippen molar-refractivity contribution in [3.63, 3.8) is 0 Å². The minimum absolute atomic E-state index is 0.270. The van der Waals surface area contributed by atoms with Crippen molar-refractivity contribution in [2.75, 3.05) is 14.1 Å². The quantitative estimate of drug-likeness (QED) is 0.494. The number of rotatable bonds is 4. The fraction of sp³-hybridized carbons (Fsp3) is 0.0952. The van der Waals surface area contributed by atoms with Crippen LogP contribution in [0.15, 0.2) is 91.0 Å². The topological polar surface area (TPSA) is 20.3 Å². The van der Waals surface area contributed by atoms with E-state index < -0.39 is 21.2 Å². The molecule has 3 aromatic carbocycles. The first-order valence-corrected chi connectivity index (χ1v) is 15.8. The zero-order valence-electron chi connectivity index (χ0n) is 14.0. The summed E-state index contributed by atoms with van der Waals surface area (Å²) < 4.78 is 3.86. The Morgan fingerprint density at radius 1 is 0.625 bits per heavy atom. The summed E-state index contributed by atoms with van der Waals surface area (Å²) >= 11 is -3.97. The van der Waals surface area contributed by atoms with Crippen molar-refractivity contribution >= 4 is 34.0 Å². The summed E-state index contributed by atoms with van der Waals surface area (Å²) in [5, 5.41) is 0. The molecule has 120 valence electrons. The standard InChI is InChI=1S/3C6H5.C3H6NO.Pb/c3*1-2-4-6-5-3-1;1-4(2)3-5;/h3*1-5H;1-2H3;. The fourth-order valence-electron chi connectivity index (χ4n) is 3.27. The Labute approximate surface area is 148 Å². The number of nitrogens with zero attached hydrogens (tertiary/aromatic N) is 1. The molecule has 0 atom stereocenters. The zero-order valence-corrected chi connectivity index (χ0v) is 17.9. The summed E-state index contributed by atoms with van der Waals surface area (Å²) in [5.41, 5.74) is 0. The zero-order chi connectivity index (χ0) is 17.0. The number of carbonyl (C=O) groups is 1. The van der Waals surface area contributed by atoms with Gasteiger partial charge in [-0.1, -0.05) is 0 Å². The monoisotopic (exact) mass is 511 g/mol. The van der Waals surface area contributed by atoms with E-state index in [0.717, 1.165) is 0 Å². The van der Waals surface area contributed by atoms with Crippen LogP contribution < -0.4 is 9.37 Å². The van der Waals surface area contributed by atoms with E-state index in [9.17, 15) is 4.79 Å². The molecule has 0 saturated carbocycles. The first kappa shape index (κ1) is 16.9. The molecular weight excluding hydrogens is 489 g/mol. The molecule has 1 amide bonds. The Morgan fingerprint density at radius 3 is 1.17 bits per heavy atom. The van der Waals surface area contributed by atoms with Crippen molar-refractivity contribution in [1.29, 1.82) is 0 Å². The van der Waals surface area contributed by atoms with Crippen LogP contribution in [-0.2, 0) is 0 Å². The van der Waals surface area contributed by atoms with Gasteiger partial charge >= 0.3 is 149 Å². The third-order valence-electron chi connectivity index (χ3n) is 4.35. The van der Waals surface area contributed by atoms with Crippen LogP contribution in [0.1, 0.15) is 0 Å². The summed E-state index contributed by atoms with van der Waals surface area (Å²) in [7, 11) is 3.73. The van der Waals surface area contributed by atoms with Crippen LogP contribution in [0.5, 0.6) is 0 Å². The summed E-state index contributed by atoms with van der Waals surface area (Å²) in [6.07, 6.45) is 0. The average molecular weight is 511 g/mol. The molecule has 0 fully saturated rings. The number of amides is 1. The maximum atomic E-state index is 13.6. The molecule has 0 unspecified atom stereocenters. The second-order valence-corrected chi connectivity index (χ2v) is 20.3. The van der Waals surface area contributed by atoms with Gasteiger partial charge in [0, 0.05) is 0 Å². The maximum absolute atomic E-state index is 13.6. The SMILES string of the molecule is CN(C)[C](=O)[Pb]([c]1ccccc1)([c]1ccccc1)[c]1ccccc1.